The van der Waals surface area contributed by atoms with Gasteiger partial charge >= 0.3 is 0 Å². The second-order valence-electron chi connectivity index (χ2n) is 6.10. The zero-order chi connectivity index (χ0) is 18.2. The van der Waals surface area contributed by atoms with E-state index in [9.17, 15) is 4.79 Å². The number of aliphatic hydroxyl groups excluding tert-OH is 1. The molecule has 0 saturated heterocycles. The van der Waals surface area contributed by atoms with E-state index in [2.05, 4.69) is 9.97 Å². The minimum absolute atomic E-state index is 0.0241. The molecule has 2 heterocycles. The Morgan fingerprint density at radius 1 is 1.08 bits per heavy atom. The van der Waals surface area contributed by atoms with Crippen LogP contribution >= 0.6 is 0 Å². The van der Waals surface area contributed by atoms with Crippen LogP contribution in [0.2, 0.25) is 0 Å². The molecule has 0 atom stereocenters. The molecule has 1 aromatic carbocycles. The van der Waals surface area contributed by atoms with Gasteiger partial charge in [-0.3, -0.25) is 9.78 Å². The first-order valence-electron chi connectivity index (χ1n) is 8.60. The van der Waals surface area contributed by atoms with E-state index in [1.165, 1.54) is 0 Å². The topological polar surface area (TPSA) is 71.2 Å². The fourth-order valence-corrected chi connectivity index (χ4v) is 2.76. The van der Waals surface area contributed by atoms with Gasteiger partial charge in [-0.2, -0.15) is 0 Å². The number of pyridine rings is 1. The maximum Gasteiger partial charge on any atom is 0.254 e. The molecule has 0 aliphatic rings. The third kappa shape index (κ3) is 4.77. The van der Waals surface area contributed by atoms with E-state index in [4.69, 9.17) is 5.11 Å². The molecule has 3 aromatic rings. The lowest BCUT2D eigenvalue weighted by Gasteiger charge is -2.23. The van der Waals surface area contributed by atoms with E-state index in [-0.39, 0.29) is 12.5 Å². The number of aromatic nitrogens is 3. The van der Waals surface area contributed by atoms with E-state index in [0.717, 1.165) is 24.1 Å². The molecule has 0 saturated carbocycles. The SMILES string of the molecule is O=C(c1ccc(CO)cc1)N(CCCn1ccnc1)Cc1cccnc1. The molecule has 26 heavy (non-hydrogen) atoms. The first-order chi connectivity index (χ1) is 12.8. The Morgan fingerprint density at radius 2 is 1.92 bits per heavy atom. The Hall–Kier alpha value is -2.99. The lowest BCUT2D eigenvalue weighted by Crippen LogP contribution is -2.32. The molecule has 0 spiro atoms. The lowest BCUT2D eigenvalue weighted by molar-refractivity contribution is 0.0739. The van der Waals surface area contributed by atoms with Crippen LogP contribution in [0.15, 0.2) is 67.5 Å². The van der Waals surface area contributed by atoms with Crippen LogP contribution in [0, 0.1) is 0 Å². The Bertz CT molecular complexity index is 802. The number of hydrogen-bond donors (Lipinski definition) is 1. The predicted molar refractivity (Wildman–Crippen MR) is 98.2 cm³/mol. The Balaban J connectivity index is 1.70. The van der Waals surface area contributed by atoms with Gasteiger partial charge in [0, 0.05) is 50.0 Å². The summed E-state index contributed by atoms with van der Waals surface area (Å²) in [7, 11) is 0. The quantitative estimate of drug-likeness (QED) is 0.678. The molecular weight excluding hydrogens is 328 g/mol. The first-order valence-corrected chi connectivity index (χ1v) is 8.60. The number of nitrogens with zero attached hydrogens (tertiary/aromatic N) is 4. The van der Waals surface area contributed by atoms with Crippen LogP contribution in [0.5, 0.6) is 0 Å². The van der Waals surface area contributed by atoms with E-state index in [0.29, 0.717) is 18.7 Å². The van der Waals surface area contributed by atoms with Crippen LogP contribution in [-0.4, -0.2) is 37.0 Å². The number of carbonyl (C=O) groups excluding carboxylic acids is 1. The average Bonchev–Trinajstić information content (AvgIpc) is 3.21. The summed E-state index contributed by atoms with van der Waals surface area (Å²) in [5, 5.41) is 9.17. The summed E-state index contributed by atoms with van der Waals surface area (Å²) in [6, 6.07) is 10.9. The molecule has 134 valence electrons. The molecule has 0 bridgehead atoms. The molecule has 6 nitrogen and oxygen atoms in total. The van der Waals surface area contributed by atoms with E-state index in [1.807, 2.05) is 27.8 Å². The van der Waals surface area contributed by atoms with Gasteiger partial charge in [0.05, 0.1) is 12.9 Å². The summed E-state index contributed by atoms with van der Waals surface area (Å²) in [4.78, 5) is 23.0. The molecular formula is C20H22N4O2. The van der Waals surface area contributed by atoms with Crippen molar-refractivity contribution in [2.24, 2.45) is 0 Å². The summed E-state index contributed by atoms with van der Waals surface area (Å²) < 4.78 is 2.00. The average molecular weight is 350 g/mol. The van der Waals surface area contributed by atoms with Crippen molar-refractivity contribution in [2.45, 2.75) is 26.1 Å². The standard InChI is InChI=1S/C20H22N4O2/c25-15-17-4-6-19(7-5-17)20(26)24(14-18-3-1-8-21-13-18)11-2-10-23-12-9-22-16-23/h1,3-9,12-13,16,25H,2,10-11,14-15H2. The molecule has 2 aromatic heterocycles. The molecule has 6 heteroatoms. The number of carbonyl (C=O) groups is 1. The highest BCUT2D eigenvalue weighted by atomic mass is 16.3. The Kier molecular flexibility index (Phi) is 6.11. The second kappa shape index (κ2) is 8.92. The van der Waals surface area contributed by atoms with Crippen LogP contribution in [0.25, 0.3) is 0 Å². The number of hydrogen-bond acceptors (Lipinski definition) is 4. The fourth-order valence-electron chi connectivity index (χ4n) is 2.76. The van der Waals surface area contributed by atoms with Crippen molar-refractivity contribution in [3.05, 3.63) is 84.2 Å². The Morgan fingerprint density at radius 3 is 2.58 bits per heavy atom. The molecule has 1 amide bonds. The number of aryl methyl sites for hydroxylation is 1. The highest BCUT2D eigenvalue weighted by molar-refractivity contribution is 5.94. The summed E-state index contributed by atoms with van der Waals surface area (Å²) in [6.45, 7) is 1.92. The van der Waals surface area contributed by atoms with Crippen LogP contribution in [0.1, 0.15) is 27.9 Å². The monoisotopic (exact) mass is 350 g/mol. The predicted octanol–water partition coefficient (Wildman–Crippen LogP) is 2.50. The maximum atomic E-state index is 13.0. The van der Waals surface area contributed by atoms with E-state index < -0.39 is 0 Å². The van der Waals surface area contributed by atoms with Crippen molar-refractivity contribution < 1.29 is 9.90 Å². The van der Waals surface area contributed by atoms with Crippen molar-refractivity contribution in [1.82, 2.24) is 19.4 Å². The zero-order valence-electron chi connectivity index (χ0n) is 14.5. The molecule has 1 N–H and O–H groups in total. The van der Waals surface area contributed by atoms with Gasteiger partial charge in [0.15, 0.2) is 0 Å². The summed E-state index contributed by atoms with van der Waals surface area (Å²) in [5.41, 5.74) is 2.41. The molecule has 0 radical (unpaired) electrons. The van der Waals surface area contributed by atoms with Crippen LogP contribution < -0.4 is 0 Å². The van der Waals surface area contributed by atoms with Crippen LogP contribution in [-0.2, 0) is 19.7 Å². The van der Waals surface area contributed by atoms with E-state index >= 15 is 0 Å². The van der Waals surface area contributed by atoms with Crippen molar-refractivity contribution in [3.63, 3.8) is 0 Å². The number of rotatable bonds is 8. The van der Waals surface area contributed by atoms with Gasteiger partial charge in [0.1, 0.15) is 0 Å². The van der Waals surface area contributed by atoms with Gasteiger partial charge < -0.3 is 14.6 Å². The smallest absolute Gasteiger partial charge is 0.254 e. The minimum Gasteiger partial charge on any atom is -0.392 e. The van der Waals surface area contributed by atoms with Crippen molar-refractivity contribution in [3.8, 4) is 0 Å². The molecule has 3 rings (SSSR count). The minimum atomic E-state index is -0.0290. The largest absolute Gasteiger partial charge is 0.392 e. The second-order valence-corrected chi connectivity index (χ2v) is 6.10. The number of aliphatic hydroxyl groups is 1. The summed E-state index contributed by atoms with van der Waals surface area (Å²) in [5.74, 6) is -0.0241. The van der Waals surface area contributed by atoms with Crippen molar-refractivity contribution >= 4 is 5.91 Å². The summed E-state index contributed by atoms with van der Waals surface area (Å²) in [6.07, 6.45) is 9.79. The van der Waals surface area contributed by atoms with Crippen molar-refractivity contribution in [2.75, 3.05) is 6.54 Å². The number of benzene rings is 1. The van der Waals surface area contributed by atoms with Gasteiger partial charge in [-0.15, -0.1) is 0 Å². The van der Waals surface area contributed by atoms with Gasteiger partial charge in [-0.05, 0) is 35.7 Å². The highest BCUT2D eigenvalue weighted by Gasteiger charge is 2.16. The van der Waals surface area contributed by atoms with Gasteiger partial charge in [-0.1, -0.05) is 18.2 Å². The third-order valence-electron chi connectivity index (χ3n) is 4.17. The van der Waals surface area contributed by atoms with Gasteiger partial charge in [-0.25, -0.2) is 4.98 Å². The third-order valence-corrected chi connectivity index (χ3v) is 4.17. The maximum absolute atomic E-state index is 13.0. The highest BCUT2D eigenvalue weighted by Crippen LogP contribution is 2.12. The number of amides is 1. The normalized spacial score (nSPS) is 10.7. The van der Waals surface area contributed by atoms with Crippen LogP contribution in [0.3, 0.4) is 0 Å². The van der Waals surface area contributed by atoms with E-state index in [1.54, 1.807) is 49.2 Å². The first kappa shape index (κ1) is 17.8. The molecule has 0 aliphatic carbocycles. The summed E-state index contributed by atoms with van der Waals surface area (Å²) >= 11 is 0. The van der Waals surface area contributed by atoms with Gasteiger partial charge in [0.25, 0.3) is 5.91 Å². The van der Waals surface area contributed by atoms with Gasteiger partial charge in [0.2, 0.25) is 0 Å². The molecule has 0 unspecified atom stereocenters. The fraction of sp³-hybridized carbons (Fsp3) is 0.250. The number of imidazole rings is 1. The van der Waals surface area contributed by atoms with Crippen LogP contribution in [0.4, 0.5) is 0 Å². The lowest BCUT2D eigenvalue weighted by atomic mass is 10.1. The molecule has 0 fully saturated rings. The Labute approximate surface area is 152 Å². The molecule has 0 aliphatic heterocycles. The van der Waals surface area contributed by atoms with Crippen molar-refractivity contribution in [1.29, 1.82) is 0 Å². The zero-order valence-corrected chi connectivity index (χ0v) is 14.5.